The summed E-state index contributed by atoms with van der Waals surface area (Å²) in [6, 6.07) is 13.3. The number of benzene rings is 2. The van der Waals surface area contributed by atoms with Crippen LogP contribution in [0.25, 0.3) is 5.70 Å². The smallest absolute Gasteiger partial charge is 0.335 e. The maximum atomic E-state index is 11.3. The first-order valence-corrected chi connectivity index (χ1v) is 17.7. The Balaban J connectivity index is 1.36. The predicted molar refractivity (Wildman–Crippen MR) is 154 cm³/mol. The second-order valence-corrected chi connectivity index (χ2v) is 18.7. The average molecular weight is 530 g/mol. The molecule has 5 atom stereocenters. The maximum Gasteiger partial charge on any atom is 0.335 e. The van der Waals surface area contributed by atoms with Gasteiger partial charge in [-0.1, -0.05) is 25.7 Å². The lowest BCUT2D eigenvalue weighted by molar-refractivity contribution is 0.0522. The van der Waals surface area contributed by atoms with E-state index in [1.54, 1.807) is 31.4 Å². The molecule has 1 spiro atoms. The predicted octanol–water partition coefficient (Wildman–Crippen LogP) is 7.17. The van der Waals surface area contributed by atoms with Crippen LogP contribution in [0, 0.1) is 23.2 Å². The SMILES string of the molecule is C/C=C(\N=C(OC)c1ccc(C(=O)O)cc1)c1ccc(OC[Si](C)(C)C)c(C23CC4CC5(CC5C2)C4C3)c1. The molecule has 38 heavy (non-hydrogen) atoms. The van der Waals surface area contributed by atoms with Crippen molar-refractivity contribution in [3.05, 3.63) is 70.8 Å². The molecule has 5 nitrogen and oxygen atoms in total. The molecule has 200 valence electrons. The molecule has 0 radical (unpaired) electrons. The van der Waals surface area contributed by atoms with E-state index in [0.717, 1.165) is 46.6 Å². The molecule has 0 saturated heterocycles. The summed E-state index contributed by atoms with van der Waals surface area (Å²) in [5.41, 5.74) is 5.23. The largest absolute Gasteiger partial charge is 0.497 e. The molecular weight excluding hydrogens is 490 g/mol. The monoisotopic (exact) mass is 529 g/mol. The van der Waals surface area contributed by atoms with Crippen LogP contribution < -0.4 is 4.74 Å². The van der Waals surface area contributed by atoms with Gasteiger partial charge in [-0.25, -0.2) is 9.79 Å². The van der Waals surface area contributed by atoms with Gasteiger partial charge in [-0.2, -0.15) is 0 Å². The zero-order chi connectivity index (χ0) is 26.9. The highest BCUT2D eigenvalue weighted by molar-refractivity contribution is 6.76. The normalized spacial score (nSPS) is 31.3. The van der Waals surface area contributed by atoms with Gasteiger partial charge in [0.05, 0.1) is 32.7 Å². The zero-order valence-electron chi connectivity index (χ0n) is 23.2. The Bertz CT molecular complexity index is 1340. The number of aliphatic imine (C=N–C) groups is 1. The molecule has 2 bridgehead atoms. The molecule has 4 saturated carbocycles. The van der Waals surface area contributed by atoms with Crippen molar-refractivity contribution in [2.75, 3.05) is 13.3 Å². The van der Waals surface area contributed by atoms with E-state index in [1.165, 1.54) is 37.7 Å². The van der Waals surface area contributed by atoms with Gasteiger partial charge in [0.25, 0.3) is 0 Å². The van der Waals surface area contributed by atoms with Crippen molar-refractivity contribution in [3.63, 3.8) is 0 Å². The number of carbonyl (C=O) groups is 1. The Morgan fingerprint density at radius 3 is 2.39 bits per heavy atom. The number of allylic oxidation sites excluding steroid dienone is 1. The minimum atomic E-state index is -1.37. The molecule has 0 heterocycles. The molecule has 4 aliphatic carbocycles. The number of carboxylic acid groups (broad SMARTS) is 1. The maximum absolute atomic E-state index is 11.3. The minimum Gasteiger partial charge on any atom is -0.497 e. The van der Waals surface area contributed by atoms with E-state index in [9.17, 15) is 9.90 Å². The molecule has 0 aliphatic heterocycles. The quantitative estimate of drug-likeness (QED) is 0.224. The van der Waals surface area contributed by atoms with Crippen LogP contribution in [0.5, 0.6) is 5.75 Å². The van der Waals surface area contributed by atoms with Crippen LogP contribution >= 0.6 is 0 Å². The van der Waals surface area contributed by atoms with Crippen molar-refractivity contribution in [3.8, 4) is 5.75 Å². The highest BCUT2D eigenvalue weighted by Gasteiger charge is 2.76. The van der Waals surface area contributed by atoms with Gasteiger partial charge >= 0.3 is 5.97 Å². The van der Waals surface area contributed by atoms with Crippen molar-refractivity contribution in [1.82, 2.24) is 0 Å². The second-order valence-electron chi connectivity index (χ2n) is 13.3. The fourth-order valence-electron chi connectivity index (χ4n) is 7.94. The van der Waals surface area contributed by atoms with E-state index in [-0.39, 0.29) is 11.0 Å². The highest BCUT2D eigenvalue weighted by atomic mass is 28.3. The molecule has 2 aromatic carbocycles. The summed E-state index contributed by atoms with van der Waals surface area (Å²) >= 11 is 0. The number of rotatable bonds is 8. The first-order valence-electron chi connectivity index (χ1n) is 14.0. The van der Waals surface area contributed by atoms with Crippen LogP contribution in [-0.2, 0) is 10.2 Å². The molecule has 0 aromatic heterocycles. The van der Waals surface area contributed by atoms with Crippen molar-refractivity contribution in [2.45, 2.75) is 64.1 Å². The molecule has 5 unspecified atom stereocenters. The van der Waals surface area contributed by atoms with E-state index in [4.69, 9.17) is 14.5 Å². The molecule has 0 amide bonds. The topological polar surface area (TPSA) is 68.1 Å². The van der Waals surface area contributed by atoms with Gasteiger partial charge in [-0.15, -0.1) is 0 Å². The first-order chi connectivity index (χ1) is 18.1. The van der Waals surface area contributed by atoms with E-state index >= 15 is 0 Å². The number of hydrogen-bond acceptors (Lipinski definition) is 4. The van der Waals surface area contributed by atoms with Crippen LogP contribution in [0.2, 0.25) is 19.6 Å². The Kier molecular flexibility index (Phi) is 5.91. The van der Waals surface area contributed by atoms with E-state index < -0.39 is 14.0 Å². The second kappa shape index (κ2) is 8.83. The number of hydrogen-bond donors (Lipinski definition) is 1. The van der Waals surface area contributed by atoms with E-state index in [1.807, 2.05) is 13.0 Å². The Labute approximate surface area is 227 Å². The van der Waals surface area contributed by atoms with Crippen LogP contribution in [0.15, 0.2) is 53.5 Å². The van der Waals surface area contributed by atoms with Crippen molar-refractivity contribution >= 4 is 25.6 Å². The van der Waals surface area contributed by atoms with Gasteiger partial charge in [0.1, 0.15) is 5.75 Å². The van der Waals surface area contributed by atoms with Gasteiger partial charge in [0, 0.05) is 16.7 Å². The standard InChI is InChI=1S/C32H39NO4Si/c1-6-27(33-29(36-2)20-7-9-21(10-8-20)30(34)35)22-11-12-28(37-19-38(3,4)5)25(13-22)31-14-23-15-32(26(23)18-31)17-24(32)16-31/h6-13,23-24,26H,14-19H2,1-5H3,(H,34,35)/b27-6-,33-29?. The number of ether oxygens (including phenoxy) is 2. The van der Waals surface area contributed by atoms with E-state index in [2.05, 4.69) is 37.8 Å². The van der Waals surface area contributed by atoms with Crippen molar-refractivity contribution in [1.29, 1.82) is 0 Å². The lowest BCUT2D eigenvalue weighted by Crippen LogP contribution is -2.38. The van der Waals surface area contributed by atoms with Crippen LogP contribution in [-0.4, -0.2) is 38.4 Å². The summed E-state index contributed by atoms with van der Waals surface area (Å²) < 4.78 is 12.3. The highest BCUT2D eigenvalue weighted by Crippen LogP contribution is 2.84. The summed E-state index contributed by atoms with van der Waals surface area (Å²) in [6.45, 7) is 9.07. The number of carboxylic acids is 1. The zero-order valence-corrected chi connectivity index (χ0v) is 24.2. The number of nitrogens with zero attached hydrogens (tertiary/aromatic N) is 1. The fourth-order valence-corrected chi connectivity index (χ4v) is 8.53. The van der Waals surface area contributed by atoms with E-state index in [0.29, 0.717) is 11.3 Å². The molecule has 4 fully saturated rings. The van der Waals surface area contributed by atoms with Crippen molar-refractivity contribution < 1.29 is 19.4 Å². The van der Waals surface area contributed by atoms with Crippen LogP contribution in [0.4, 0.5) is 0 Å². The molecule has 4 aliphatic rings. The third-order valence-electron chi connectivity index (χ3n) is 9.70. The Morgan fingerprint density at radius 1 is 1.03 bits per heavy atom. The van der Waals surface area contributed by atoms with Gasteiger partial charge in [0.2, 0.25) is 5.90 Å². The molecule has 6 heteroatoms. The van der Waals surface area contributed by atoms with Gasteiger partial charge in [0.15, 0.2) is 0 Å². The number of fused-ring (bicyclic) bond motifs is 1. The Morgan fingerprint density at radius 2 is 1.74 bits per heavy atom. The van der Waals surface area contributed by atoms with Crippen LogP contribution in [0.1, 0.15) is 66.1 Å². The average Bonchev–Trinajstić information content (AvgIpc) is 3.57. The van der Waals surface area contributed by atoms with Crippen LogP contribution in [0.3, 0.4) is 0 Å². The lowest BCUT2D eigenvalue weighted by Gasteiger charge is -2.44. The summed E-state index contributed by atoms with van der Waals surface area (Å²) in [6.07, 6.45) is 9.67. The molecule has 1 N–H and O–H groups in total. The lowest BCUT2D eigenvalue weighted by atomic mass is 9.60. The summed E-state index contributed by atoms with van der Waals surface area (Å²) in [4.78, 5) is 16.2. The summed E-state index contributed by atoms with van der Waals surface area (Å²) in [7, 11) is 0.230. The summed E-state index contributed by atoms with van der Waals surface area (Å²) in [5.74, 6) is 3.30. The van der Waals surface area contributed by atoms with Gasteiger partial charge in [-0.05, 0) is 110 Å². The van der Waals surface area contributed by atoms with Crippen molar-refractivity contribution in [2.24, 2.45) is 28.2 Å². The third-order valence-corrected chi connectivity index (χ3v) is 10.7. The Hall–Kier alpha value is -2.86. The molecule has 2 aromatic rings. The minimum absolute atomic E-state index is 0.223. The fraction of sp³-hybridized carbons (Fsp3) is 0.500. The molecular formula is C32H39NO4Si. The first kappa shape index (κ1) is 25.4. The van der Waals surface area contributed by atoms with Gasteiger partial charge < -0.3 is 14.6 Å². The number of methoxy groups -OCH3 is 1. The molecule has 6 rings (SSSR count). The third kappa shape index (κ3) is 4.12. The van der Waals surface area contributed by atoms with Gasteiger partial charge in [-0.3, -0.25) is 0 Å². The number of aromatic carboxylic acids is 1. The summed E-state index contributed by atoms with van der Waals surface area (Å²) in [5, 5.41) is 9.25.